The standard InChI is InChI=1S/C34H39F3N4O3S/c1-32(2)22-30(39-45(43,44)23-25-5-3-4-6-28(25)34(35,36)37)27-21-24(7-8-29(27)32)31(42)41-19-13-33(14-20-41)11-17-40(18-12-33)26-9-15-38-16-10-26/h3-10,15-16,21,30,39H,11-14,17-20,22-23H2,1-2H3. The molecule has 1 N–H and O–H groups in total. The summed E-state index contributed by atoms with van der Waals surface area (Å²) in [7, 11) is -4.14. The Balaban J connectivity index is 1.13. The first-order valence-electron chi connectivity index (χ1n) is 15.5. The lowest BCUT2D eigenvalue weighted by atomic mass is 9.71. The second-order valence-electron chi connectivity index (χ2n) is 13.5. The van der Waals surface area contributed by atoms with Crippen LogP contribution in [0.2, 0.25) is 0 Å². The van der Waals surface area contributed by atoms with Gasteiger partial charge in [-0.25, -0.2) is 13.1 Å². The van der Waals surface area contributed by atoms with E-state index < -0.39 is 33.6 Å². The van der Waals surface area contributed by atoms with Crippen LogP contribution in [0.25, 0.3) is 0 Å². The van der Waals surface area contributed by atoms with Crippen molar-refractivity contribution in [3.8, 4) is 0 Å². The van der Waals surface area contributed by atoms with E-state index in [9.17, 15) is 26.4 Å². The third-order valence-electron chi connectivity index (χ3n) is 10.1. The molecule has 3 aromatic rings. The zero-order valence-electron chi connectivity index (χ0n) is 25.6. The van der Waals surface area contributed by atoms with Crippen molar-refractivity contribution in [2.75, 3.05) is 31.1 Å². The van der Waals surface area contributed by atoms with E-state index in [1.807, 2.05) is 55.4 Å². The number of hydrogen-bond acceptors (Lipinski definition) is 5. The van der Waals surface area contributed by atoms with Gasteiger partial charge in [-0.3, -0.25) is 9.78 Å². The molecule has 0 bridgehead atoms. The summed E-state index contributed by atoms with van der Waals surface area (Å²) >= 11 is 0. The van der Waals surface area contributed by atoms with Crippen molar-refractivity contribution in [3.05, 3.63) is 94.8 Å². The van der Waals surface area contributed by atoms with Gasteiger partial charge in [0, 0.05) is 55.9 Å². The second kappa shape index (κ2) is 11.7. The molecule has 2 aromatic carbocycles. The minimum Gasteiger partial charge on any atom is -0.371 e. The number of nitrogens with one attached hydrogen (secondary N) is 1. The molecule has 3 heterocycles. The highest BCUT2D eigenvalue weighted by molar-refractivity contribution is 7.88. The number of alkyl halides is 3. The number of fused-ring (bicyclic) bond motifs is 1. The number of carbonyl (C=O) groups excluding carboxylic acids is 1. The molecule has 45 heavy (non-hydrogen) atoms. The van der Waals surface area contributed by atoms with E-state index >= 15 is 0 Å². The number of anilines is 1. The molecule has 1 aromatic heterocycles. The van der Waals surface area contributed by atoms with Gasteiger partial charge in [0.2, 0.25) is 10.0 Å². The topological polar surface area (TPSA) is 82.6 Å². The number of benzene rings is 2. The predicted octanol–water partition coefficient (Wildman–Crippen LogP) is 6.47. The van der Waals surface area contributed by atoms with E-state index in [0.717, 1.165) is 50.4 Å². The maximum Gasteiger partial charge on any atom is 0.416 e. The number of halogens is 3. The van der Waals surface area contributed by atoms with Gasteiger partial charge < -0.3 is 9.80 Å². The number of hydrogen-bond donors (Lipinski definition) is 1. The molecule has 2 aliphatic heterocycles. The van der Waals surface area contributed by atoms with Crippen LogP contribution in [0.4, 0.5) is 18.9 Å². The molecule has 3 aliphatic rings. The number of likely N-dealkylation sites (tertiary alicyclic amines) is 1. The van der Waals surface area contributed by atoms with Crippen LogP contribution in [-0.2, 0) is 27.4 Å². The van der Waals surface area contributed by atoms with Gasteiger partial charge in [-0.2, -0.15) is 13.2 Å². The first-order chi connectivity index (χ1) is 21.3. The van der Waals surface area contributed by atoms with Crippen molar-refractivity contribution >= 4 is 21.6 Å². The Morgan fingerprint density at radius 3 is 2.27 bits per heavy atom. The summed E-state index contributed by atoms with van der Waals surface area (Å²) in [6, 6.07) is 13.7. The molecule has 2 fully saturated rings. The average Bonchev–Trinajstić information content (AvgIpc) is 3.25. The van der Waals surface area contributed by atoms with Gasteiger partial charge in [0.05, 0.1) is 11.3 Å². The predicted molar refractivity (Wildman–Crippen MR) is 167 cm³/mol. The van der Waals surface area contributed by atoms with E-state index in [4.69, 9.17) is 0 Å². The zero-order chi connectivity index (χ0) is 32.0. The third-order valence-corrected chi connectivity index (χ3v) is 11.4. The number of piperidine rings is 2. The average molecular weight is 641 g/mol. The largest absolute Gasteiger partial charge is 0.416 e. The van der Waals surface area contributed by atoms with Crippen molar-refractivity contribution in [1.29, 1.82) is 0 Å². The van der Waals surface area contributed by atoms with Crippen molar-refractivity contribution in [3.63, 3.8) is 0 Å². The Morgan fingerprint density at radius 1 is 0.956 bits per heavy atom. The van der Waals surface area contributed by atoms with Crippen molar-refractivity contribution in [2.45, 2.75) is 69.3 Å². The lowest BCUT2D eigenvalue weighted by Gasteiger charge is -2.47. The fraction of sp³-hybridized carbons (Fsp3) is 0.471. The molecule has 0 radical (unpaired) electrons. The SMILES string of the molecule is CC1(C)CC(NS(=O)(=O)Cc2ccccc2C(F)(F)F)c2cc(C(=O)N3CCC4(CC3)CCN(c3ccncc3)CC4)ccc21. The zero-order valence-corrected chi connectivity index (χ0v) is 26.4. The molecular weight excluding hydrogens is 601 g/mol. The van der Waals surface area contributed by atoms with Crippen LogP contribution in [-0.4, -0.2) is 50.4 Å². The summed E-state index contributed by atoms with van der Waals surface area (Å²) < 4.78 is 69.7. The molecule has 1 atom stereocenters. The van der Waals surface area contributed by atoms with E-state index in [-0.39, 0.29) is 22.3 Å². The molecule has 240 valence electrons. The van der Waals surface area contributed by atoms with Crippen molar-refractivity contribution in [1.82, 2.24) is 14.6 Å². The number of carbonyl (C=O) groups is 1. The van der Waals surface area contributed by atoms with Crippen LogP contribution in [0.5, 0.6) is 0 Å². The summed E-state index contributed by atoms with van der Waals surface area (Å²) in [5, 5.41) is 0. The number of sulfonamides is 1. The molecule has 7 nitrogen and oxygen atoms in total. The molecule has 0 saturated carbocycles. The minimum atomic E-state index is -4.66. The Morgan fingerprint density at radius 2 is 1.60 bits per heavy atom. The van der Waals surface area contributed by atoms with Crippen molar-refractivity contribution < 1.29 is 26.4 Å². The third kappa shape index (κ3) is 6.60. The second-order valence-corrected chi connectivity index (χ2v) is 15.2. The summed E-state index contributed by atoms with van der Waals surface area (Å²) in [6.07, 6.45) is 3.47. The molecule has 1 aliphatic carbocycles. The molecule has 1 amide bonds. The van der Waals surface area contributed by atoms with Gasteiger partial charge in [-0.15, -0.1) is 0 Å². The number of aromatic nitrogens is 1. The summed E-state index contributed by atoms with van der Waals surface area (Å²) in [6.45, 7) is 7.32. The van der Waals surface area contributed by atoms with Crippen LogP contribution in [0.15, 0.2) is 67.0 Å². The van der Waals surface area contributed by atoms with Crippen LogP contribution in [0, 0.1) is 5.41 Å². The first kappa shape index (κ1) is 31.5. The highest BCUT2D eigenvalue weighted by atomic mass is 32.2. The fourth-order valence-electron chi connectivity index (χ4n) is 7.48. The number of amides is 1. The quantitative estimate of drug-likeness (QED) is 0.334. The van der Waals surface area contributed by atoms with E-state index in [1.165, 1.54) is 23.9 Å². The molecular formula is C34H39F3N4O3S. The summed E-state index contributed by atoms with van der Waals surface area (Å²) in [5.41, 5.74) is 1.92. The molecule has 2 saturated heterocycles. The fourth-order valence-corrected chi connectivity index (χ4v) is 8.87. The Hall–Kier alpha value is -3.44. The van der Waals surface area contributed by atoms with E-state index in [0.29, 0.717) is 30.6 Å². The van der Waals surface area contributed by atoms with Crippen LogP contribution in [0.3, 0.4) is 0 Å². The van der Waals surface area contributed by atoms with Crippen LogP contribution < -0.4 is 9.62 Å². The highest BCUT2D eigenvalue weighted by Gasteiger charge is 2.42. The Bertz CT molecular complexity index is 1660. The Kier molecular flexibility index (Phi) is 8.22. The van der Waals surface area contributed by atoms with Gasteiger partial charge in [0.25, 0.3) is 5.91 Å². The first-order valence-corrected chi connectivity index (χ1v) is 17.1. The Labute approximate surface area is 262 Å². The summed E-state index contributed by atoms with van der Waals surface area (Å²) in [5.74, 6) is -0.865. The smallest absolute Gasteiger partial charge is 0.371 e. The van der Waals surface area contributed by atoms with E-state index in [1.54, 1.807) is 6.07 Å². The van der Waals surface area contributed by atoms with Gasteiger partial charge >= 0.3 is 6.18 Å². The maximum atomic E-state index is 13.7. The highest BCUT2D eigenvalue weighted by Crippen LogP contribution is 2.46. The molecule has 11 heteroatoms. The van der Waals surface area contributed by atoms with Gasteiger partial charge in [-0.05, 0) is 90.0 Å². The number of nitrogens with zero attached hydrogens (tertiary/aromatic N) is 3. The summed E-state index contributed by atoms with van der Waals surface area (Å²) in [4.78, 5) is 22.1. The number of pyridine rings is 1. The molecule has 6 rings (SSSR count). The van der Waals surface area contributed by atoms with Crippen molar-refractivity contribution in [2.24, 2.45) is 5.41 Å². The molecule has 1 unspecified atom stereocenters. The normalized spacial score (nSPS) is 21.1. The monoisotopic (exact) mass is 640 g/mol. The van der Waals surface area contributed by atoms with Gasteiger partial charge in [0.1, 0.15) is 0 Å². The lowest BCUT2D eigenvalue weighted by Crippen LogP contribution is -2.48. The van der Waals surface area contributed by atoms with E-state index in [2.05, 4.69) is 14.6 Å². The number of rotatable bonds is 6. The van der Waals surface area contributed by atoms with Crippen LogP contribution >= 0.6 is 0 Å². The van der Waals surface area contributed by atoms with Gasteiger partial charge in [0.15, 0.2) is 0 Å². The van der Waals surface area contributed by atoms with Crippen LogP contribution in [0.1, 0.15) is 84.6 Å². The maximum absolute atomic E-state index is 13.7. The minimum absolute atomic E-state index is 0.0766. The molecule has 1 spiro atoms. The van der Waals surface area contributed by atoms with Gasteiger partial charge in [-0.1, -0.05) is 38.1 Å². The lowest BCUT2D eigenvalue weighted by molar-refractivity contribution is -0.138.